The predicted octanol–water partition coefficient (Wildman–Crippen LogP) is 1.88. The fourth-order valence-corrected chi connectivity index (χ4v) is 3.11. The first-order chi connectivity index (χ1) is 5.98. The van der Waals surface area contributed by atoms with Gasteiger partial charge in [0.2, 0.25) is 0 Å². The van der Waals surface area contributed by atoms with E-state index in [-0.39, 0.29) is 11.2 Å². The molecule has 0 saturated heterocycles. The molecule has 2 fully saturated rings. The molecule has 0 unspecified atom stereocenters. The van der Waals surface area contributed by atoms with Crippen molar-refractivity contribution in [1.82, 2.24) is 0 Å². The van der Waals surface area contributed by atoms with Crippen molar-refractivity contribution in [2.75, 3.05) is 0 Å². The minimum Gasteiger partial charge on any atom is -0.389 e. The molecule has 0 aromatic rings. The molecule has 13 heavy (non-hydrogen) atoms. The number of alkyl halides is 1. The lowest BCUT2D eigenvalue weighted by Gasteiger charge is -2.44. The highest BCUT2D eigenvalue weighted by molar-refractivity contribution is 6.20. The first-order valence-corrected chi connectivity index (χ1v) is 5.31. The number of aliphatic hydroxyl groups is 1. The lowest BCUT2D eigenvalue weighted by Crippen LogP contribution is -2.50. The smallest absolute Gasteiger partial charge is 0.141 e. The first kappa shape index (κ1) is 9.47. The zero-order chi connectivity index (χ0) is 9.69. The minimum atomic E-state index is -0.811. The van der Waals surface area contributed by atoms with Gasteiger partial charge in [-0.2, -0.15) is 0 Å². The molecule has 2 aliphatic carbocycles. The van der Waals surface area contributed by atoms with Crippen molar-refractivity contribution in [2.45, 2.75) is 50.0 Å². The lowest BCUT2D eigenvalue weighted by molar-refractivity contribution is -0.139. The molecule has 0 radical (unpaired) electrons. The Morgan fingerprint density at radius 1 is 1.54 bits per heavy atom. The highest BCUT2D eigenvalue weighted by atomic mass is 35.5. The Morgan fingerprint density at radius 3 is 2.92 bits per heavy atom. The van der Waals surface area contributed by atoms with Crippen molar-refractivity contribution < 1.29 is 9.90 Å². The molecule has 2 saturated carbocycles. The van der Waals surface area contributed by atoms with Gasteiger partial charge in [-0.25, -0.2) is 0 Å². The molecule has 0 heterocycles. The second-order valence-electron chi connectivity index (χ2n) is 4.63. The van der Waals surface area contributed by atoms with Gasteiger partial charge in [0.1, 0.15) is 5.78 Å². The van der Waals surface area contributed by atoms with Gasteiger partial charge in [-0.1, -0.05) is 0 Å². The summed E-state index contributed by atoms with van der Waals surface area (Å²) < 4.78 is 0. The second kappa shape index (κ2) is 2.71. The maximum absolute atomic E-state index is 11.6. The number of hydrogen-bond acceptors (Lipinski definition) is 2. The number of carbonyl (C=O) groups is 1. The minimum absolute atomic E-state index is 0.0453. The molecule has 3 heteroatoms. The van der Waals surface area contributed by atoms with Crippen LogP contribution in [0.15, 0.2) is 0 Å². The van der Waals surface area contributed by atoms with Gasteiger partial charge in [0, 0.05) is 11.8 Å². The van der Waals surface area contributed by atoms with E-state index in [1.165, 1.54) is 0 Å². The number of ketones is 1. The third-order valence-electron chi connectivity index (χ3n) is 3.92. The van der Waals surface area contributed by atoms with Crippen molar-refractivity contribution in [2.24, 2.45) is 5.41 Å². The van der Waals surface area contributed by atoms with Crippen LogP contribution in [0.2, 0.25) is 0 Å². The van der Waals surface area contributed by atoms with Crippen LogP contribution in [0.25, 0.3) is 0 Å². The van der Waals surface area contributed by atoms with Gasteiger partial charge < -0.3 is 5.11 Å². The molecule has 0 bridgehead atoms. The molecular formula is C10H15ClO2. The Hall–Kier alpha value is -0.0800. The zero-order valence-electron chi connectivity index (χ0n) is 7.85. The van der Waals surface area contributed by atoms with E-state index in [2.05, 4.69) is 0 Å². The number of Topliss-reactive ketones (excluding diaryl/α,β-unsaturated/α-hetero) is 1. The van der Waals surface area contributed by atoms with Crippen molar-refractivity contribution in [3.05, 3.63) is 0 Å². The quantitative estimate of drug-likeness (QED) is 0.609. The molecule has 2 nitrogen and oxygen atoms in total. The maximum atomic E-state index is 11.6. The van der Waals surface area contributed by atoms with E-state index < -0.39 is 11.0 Å². The topological polar surface area (TPSA) is 37.3 Å². The molecule has 0 spiro atoms. The van der Waals surface area contributed by atoms with E-state index in [1.807, 2.05) is 6.92 Å². The molecule has 1 N–H and O–H groups in total. The third kappa shape index (κ3) is 1.15. The van der Waals surface area contributed by atoms with Crippen LogP contribution in [0.5, 0.6) is 0 Å². The summed E-state index contributed by atoms with van der Waals surface area (Å²) in [6, 6.07) is 0. The molecule has 2 aliphatic rings. The summed E-state index contributed by atoms with van der Waals surface area (Å²) in [5.74, 6) is 0.221. The van der Waals surface area contributed by atoms with Crippen LogP contribution in [0, 0.1) is 5.41 Å². The number of fused-ring (bicyclic) bond motifs is 1. The molecule has 0 aliphatic heterocycles. The largest absolute Gasteiger partial charge is 0.389 e. The number of hydrogen-bond donors (Lipinski definition) is 1. The van der Waals surface area contributed by atoms with Gasteiger partial charge in [0.05, 0.1) is 11.0 Å². The second-order valence-corrected chi connectivity index (χ2v) is 5.24. The maximum Gasteiger partial charge on any atom is 0.141 e. The van der Waals surface area contributed by atoms with Crippen molar-refractivity contribution in [3.63, 3.8) is 0 Å². The fourth-order valence-electron chi connectivity index (χ4n) is 2.74. The van der Waals surface area contributed by atoms with Gasteiger partial charge in [0.25, 0.3) is 0 Å². The molecule has 3 atom stereocenters. The Bertz CT molecular complexity index is 253. The van der Waals surface area contributed by atoms with Crippen LogP contribution < -0.4 is 0 Å². The highest BCUT2D eigenvalue weighted by Gasteiger charge is 2.58. The first-order valence-electron chi connectivity index (χ1n) is 4.88. The van der Waals surface area contributed by atoms with Crippen LogP contribution in [0.1, 0.15) is 39.0 Å². The number of rotatable bonds is 0. The van der Waals surface area contributed by atoms with E-state index >= 15 is 0 Å². The van der Waals surface area contributed by atoms with E-state index in [0.717, 1.165) is 12.8 Å². The van der Waals surface area contributed by atoms with Crippen molar-refractivity contribution >= 4 is 17.4 Å². The fraction of sp³-hybridized carbons (Fsp3) is 0.900. The Kier molecular flexibility index (Phi) is 1.97. The van der Waals surface area contributed by atoms with Crippen molar-refractivity contribution in [3.8, 4) is 0 Å². The summed E-state index contributed by atoms with van der Waals surface area (Å²) in [6.45, 7) is 1.89. The summed E-state index contributed by atoms with van der Waals surface area (Å²) >= 11 is 6.01. The molecule has 2 rings (SSSR count). The van der Waals surface area contributed by atoms with Gasteiger partial charge >= 0.3 is 0 Å². The Morgan fingerprint density at radius 2 is 2.23 bits per heavy atom. The van der Waals surface area contributed by atoms with Gasteiger partial charge in [-0.05, 0) is 32.6 Å². The third-order valence-corrected chi connectivity index (χ3v) is 4.30. The monoisotopic (exact) mass is 202 g/mol. The summed E-state index contributed by atoms with van der Waals surface area (Å²) in [7, 11) is 0. The van der Waals surface area contributed by atoms with Crippen molar-refractivity contribution in [1.29, 1.82) is 0 Å². The summed E-state index contributed by atoms with van der Waals surface area (Å²) in [6.07, 6.45) is 3.31. The van der Waals surface area contributed by atoms with Gasteiger partial charge in [-0.15, -0.1) is 11.6 Å². The van der Waals surface area contributed by atoms with E-state index in [9.17, 15) is 9.90 Å². The number of halogens is 1. The van der Waals surface area contributed by atoms with E-state index in [0.29, 0.717) is 19.3 Å². The van der Waals surface area contributed by atoms with Crippen LogP contribution >= 0.6 is 11.6 Å². The zero-order valence-corrected chi connectivity index (χ0v) is 8.60. The Balaban J connectivity index is 2.32. The van der Waals surface area contributed by atoms with Gasteiger partial charge in [-0.3, -0.25) is 4.79 Å². The molecule has 0 amide bonds. The average Bonchev–Trinajstić information content (AvgIpc) is 2.28. The normalized spacial score (nSPS) is 50.7. The molecule has 0 aromatic heterocycles. The molecular weight excluding hydrogens is 188 g/mol. The molecule has 0 aromatic carbocycles. The summed E-state index contributed by atoms with van der Waals surface area (Å²) in [5, 5.41) is 10.4. The summed E-state index contributed by atoms with van der Waals surface area (Å²) in [4.78, 5) is 11.6. The standard InChI is InChI=1S/C10H15ClO2/c1-9-4-2-7(11)6-10(9,13)5-3-8(9)12/h7,13H,2-6H2,1H3/t7-,9-,10+/m1/s1. The van der Waals surface area contributed by atoms with Crippen LogP contribution in [0.3, 0.4) is 0 Å². The number of carbonyl (C=O) groups excluding carboxylic acids is 1. The average molecular weight is 203 g/mol. The van der Waals surface area contributed by atoms with E-state index in [4.69, 9.17) is 11.6 Å². The molecule has 74 valence electrons. The highest BCUT2D eigenvalue weighted by Crippen LogP contribution is 2.53. The van der Waals surface area contributed by atoms with Crippen LogP contribution in [0.4, 0.5) is 0 Å². The van der Waals surface area contributed by atoms with Crippen LogP contribution in [-0.4, -0.2) is 21.9 Å². The predicted molar refractivity (Wildman–Crippen MR) is 50.8 cm³/mol. The Labute approximate surface area is 83.3 Å². The van der Waals surface area contributed by atoms with Crippen LogP contribution in [-0.2, 0) is 4.79 Å². The summed E-state index contributed by atoms with van der Waals surface area (Å²) in [5.41, 5.74) is -1.31. The lowest BCUT2D eigenvalue weighted by atomic mass is 9.66. The SMILES string of the molecule is C[C@]12CC[C@@H](Cl)C[C@@]1(O)CCC2=O. The van der Waals surface area contributed by atoms with Gasteiger partial charge in [0.15, 0.2) is 0 Å². The van der Waals surface area contributed by atoms with E-state index in [1.54, 1.807) is 0 Å².